The van der Waals surface area contributed by atoms with E-state index >= 15 is 0 Å². The van der Waals surface area contributed by atoms with Crippen molar-refractivity contribution in [3.8, 4) is 0 Å². The molecule has 3 unspecified atom stereocenters. The van der Waals surface area contributed by atoms with Crippen LogP contribution >= 0.6 is 0 Å². The highest BCUT2D eigenvalue weighted by Crippen LogP contribution is 2.42. The van der Waals surface area contributed by atoms with Crippen LogP contribution in [-0.2, 0) is 14.3 Å². The third-order valence-corrected chi connectivity index (χ3v) is 8.67. The number of ketones is 1. The number of nitrogens with zero attached hydrogens (tertiary/aromatic N) is 2. The topological polar surface area (TPSA) is 167 Å². The van der Waals surface area contributed by atoms with Crippen LogP contribution < -0.4 is 11.2 Å². The molecule has 5 aliphatic heterocycles. The van der Waals surface area contributed by atoms with Gasteiger partial charge in [-0.05, 0) is 25.8 Å². The number of halogens is 1. The summed E-state index contributed by atoms with van der Waals surface area (Å²) in [5.41, 5.74) is -0.501. The quantitative estimate of drug-likeness (QED) is 0.334. The number of benzene rings is 1. The molecule has 4 N–H and O–H groups in total. The predicted octanol–water partition coefficient (Wildman–Crippen LogP) is 0.834. The van der Waals surface area contributed by atoms with E-state index in [0.717, 1.165) is 36.6 Å². The highest BCUT2D eigenvalue weighted by molar-refractivity contribution is 6.04. The summed E-state index contributed by atoms with van der Waals surface area (Å²) >= 11 is 0. The van der Waals surface area contributed by atoms with E-state index in [1.54, 1.807) is 11.2 Å². The van der Waals surface area contributed by atoms with E-state index in [1.807, 2.05) is 24.3 Å². The fourth-order valence-electron chi connectivity index (χ4n) is 6.58. The second kappa shape index (κ2) is 10.6. The summed E-state index contributed by atoms with van der Waals surface area (Å²) in [4.78, 5) is 53.9. The SMILES string of the molecule is C[C@H]1O[C@@H](n2cc(F)c(=O)[nH]c2=O)[C@H](O)[C@@H]1O.O=C(OC1C[C@@H]2CC3C[C@H](C1)N2CC3=O)c1c[nH]c2ccccc12. The number of para-hydroxylation sites is 1. The summed E-state index contributed by atoms with van der Waals surface area (Å²) in [5, 5.41) is 20.0. The molecule has 2 aromatic heterocycles. The summed E-state index contributed by atoms with van der Waals surface area (Å²) in [6.45, 7) is 2.10. The molecule has 8 rings (SSSR count). The maximum atomic E-state index is 13.0. The number of aliphatic hydroxyl groups is 2. The lowest BCUT2D eigenvalue weighted by Gasteiger charge is -2.54. The van der Waals surface area contributed by atoms with Crippen LogP contribution in [-0.4, -0.2) is 84.4 Å². The third-order valence-electron chi connectivity index (χ3n) is 8.67. The number of fused-ring (bicyclic) bond motifs is 2. The molecule has 4 bridgehead atoms. The van der Waals surface area contributed by atoms with Crippen LogP contribution in [0.4, 0.5) is 4.39 Å². The number of piperidine rings is 4. The maximum absolute atomic E-state index is 13.0. The van der Waals surface area contributed by atoms with Crippen molar-refractivity contribution in [2.75, 3.05) is 6.54 Å². The molecule has 0 saturated carbocycles. The number of H-pyrrole nitrogens is 2. The van der Waals surface area contributed by atoms with Crippen molar-refractivity contribution in [3.63, 3.8) is 0 Å². The van der Waals surface area contributed by atoms with E-state index in [-0.39, 0.29) is 18.0 Å². The first-order valence-corrected chi connectivity index (χ1v) is 13.7. The fourth-order valence-corrected chi connectivity index (χ4v) is 6.58. The number of carbonyl (C=O) groups excluding carboxylic acids is 2. The summed E-state index contributed by atoms with van der Waals surface area (Å²) in [6.07, 6.45) is 1.47. The minimum absolute atomic E-state index is 0.0356. The Morgan fingerprint density at radius 2 is 1.78 bits per heavy atom. The lowest BCUT2D eigenvalue weighted by molar-refractivity contribution is -0.145. The first kappa shape index (κ1) is 27.5. The van der Waals surface area contributed by atoms with Crippen LogP contribution in [0.1, 0.15) is 49.2 Å². The summed E-state index contributed by atoms with van der Waals surface area (Å²) in [7, 11) is 0. The monoisotopic (exact) mass is 570 g/mol. The van der Waals surface area contributed by atoms with E-state index in [0.29, 0.717) is 40.7 Å². The largest absolute Gasteiger partial charge is 0.459 e. The van der Waals surface area contributed by atoms with Gasteiger partial charge in [0.2, 0.25) is 5.82 Å². The number of esters is 1. The van der Waals surface area contributed by atoms with E-state index in [4.69, 9.17) is 9.47 Å². The second-order valence-electron chi connectivity index (χ2n) is 11.2. The lowest BCUT2D eigenvalue weighted by Crippen LogP contribution is -2.63. The number of Topliss-reactive ketones (excluding diaryl/α,β-unsaturated/α-hetero) is 1. The standard InChI is InChI=1S/C19H20N2O3.C9H11FN2O5/c22-18-10-21-12-5-11(18)6-13(21)8-14(7-12)24-19(23)16-9-20-17-4-2-1-3-15(16)17;1-3-5(13)6(14)8(17-3)12-2-4(10)7(15)11-9(12)16/h1-4,9,11-14,20H,5-8,10H2;2-3,5-6,8,13-14H,1H3,(H,11,15,16)/t11?,12-,13+,14?;3-,5-,6-,8-/m.1/s1. The molecule has 3 aromatic rings. The van der Waals surface area contributed by atoms with Crippen molar-refractivity contribution in [3.05, 3.63) is 68.9 Å². The molecule has 5 saturated heterocycles. The second-order valence-corrected chi connectivity index (χ2v) is 11.2. The zero-order chi connectivity index (χ0) is 29.0. The van der Waals surface area contributed by atoms with Gasteiger partial charge in [-0.15, -0.1) is 0 Å². The molecule has 218 valence electrons. The molecule has 9 atom stereocenters. The Balaban J connectivity index is 0.000000158. The average Bonchev–Trinajstić information content (AvgIpc) is 3.48. The van der Waals surface area contributed by atoms with Crippen molar-refractivity contribution in [1.82, 2.24) is 19.4 Å². The first-order chi connectivity index (χ1) is 19.6. The number of nitrogens with one attached hydrogen (secondary N) is 2. The van der Waals surface area contributed by atoms with Crippen molar-refractivity contribution >= 4 is 22.7 Å². The zero-order valence-electron chi connectivity index (χ0n) is 22.2. The maximum Gasteiger partial charge on any atom is 0.340 e. The molecule has 5 fully saturated rings. The van der Waals surface area contributed by atoms with E-state index < -0.39 is 41.6 Å². The number of hydrogen-bond acceptors (Lipinski definition) is 9. The highest BCUT2D eigenvalue weighted by atomic mass is 19.1. The van der Waals surface area contributed by atoms with E-state index in [1.165, 1.54) is 6.92 Å². The Morgan fingerprint density at radius 3 is 2.44 bits per heavy atom. The Kier molecular flexibility index (Phi) is 7.14. The van der Waals surface area contributed by atoms with Crippen molar-refractivity contribution in [2.24, 2.45) is 5.92 Å². The van der Waals surface area contributed by atoms with Crippen LogP contribution in [0.5, 0.6) is 0 Å². The summed E-state index contributed by atoms with van der Waals surface area (Å²) in [6, 6.07) is 8.58. The minimum atomic E-state index is -1.37. The Morgan fingerprint density at radius 1 is 1.07 bits per heavy atom. The van der Waals surface area contributed by atoms with Crippen LogP contribution in [0.15, 0.2) is 46.2 Å². The number of aromatic amines is 2. The van der Waals surface area contributed by atoms with Crippen LogP contribution in [0.2, 0.25) is 0 Å². The molecule has 7 heterocycles. The molecule has 12 nitrogen and oxygen atoms in total. The van der Waals surface area contributed by atoms with Gasteiger partial charge >= 0.3 is 11.7 Å². The lowest BCUT2D eigenvalue weighted by atomic mass is 9.72. The highest BCUT2D eigenvalue weighted by Gasteiger charge is 2.49. The van der Waals surface area contributed by atoms with Gasteiger partial charge in [0.25, 0.3) is 5.56 Å². The molecule has 0 spiro atoms. The van der Waals surface area contributed by atoms with Gasteiger partial charge in [0.15, 0.2) is 6.23 Å². The molecular formula is C28H31FN4O8. The van der Waals surface area contributed by atoms with Gasteiger partial charge in [-0.25, -0.2) is 9.59 Å². The van der Waals surface area contributed by atoms with Crippen LogP contribution in [0.25, 0.3) is 10.9 Å². The van der Waals surface area contributed by atoms with Gasteiger partial charge in [0.05, 0.1) is 24.4 Å². The normalized spacial score (nSPS) is 33.9. The molecule has 5 aliphatic rings. The molecule has 0 aliphatic carbocycles. The van der Waals surface area contributed by atoms with Gasteiger partial charge in [-0.2, -0.15) is 4.39 Å². The van der Waals surface area contributed by atoms with Gasteiger partial charge < -0.3 is 24.7 Å². The Hall–Kier alpha value is -3.65. The van der Waals surface area contributed by atoms with Crippen molar-refractivity contribution in [1.29, 1.82) is 0 Å². The van der Waals surface area contributed by atoms with E-state index in [2.05, 4.69) is 9.88 Å². The van der Waals surface area contributed by atoms with Gasteiger partial charge in [-0.1, -0.05) is 18.2 Å². The van der Waals surface area contributed by atoms with Crippen LogP contribution in [0, 0.1) is 11.7 Å². The Bertz CT molecular complexity index is 1580. The summed E-state index contributed by atoms with van der Waals surface area (Å²) in [5.74, 6) is -0.768. The Labute approximate surface area is 232 Å². The van der Waals surface area contributed by atoms with Gasteiger partial charge in [0.1, 0.15) is 24.1 Å². The minimum Gasteiger partial charge on any atom is -0.459 e. The molecular weight excluding hydrogens is 539 g/mol. The molecule has 13 heteroatoms. The first-order valence-electron chi connectivity index (χ1n) is 13.7. The number of aliphatic hydroxyl groups excluding tert-OH is 2. The molecule has 0 amide bonds. The fraction of sp³-hybridized carbons (Fsp3) is 0.500. The van der Waals surface area contributed by atoms with Gasteiger partial charge in [0, 0.05) is 47.9 Å². The number of ether oxygens (including phenoxy) is 2. The van der Waals surface area contributed by atoms with E-state index in [9.17, 15) is 33.8 Å². The molecule has 1 aromatic carbocycles. The number of aromatic nitrogens is 3. The number of hydrogen-bond donors (Lipinski definition) is 4. The predicted molar refractivity (Wildman–Crippen MR) is 142 cm³/mol. The summed E-state index contributed by atoms with van der Waals surface area (Å²) < 4.78 is 24.7. The number of rotatable bonds is 3. The number of carbonyl (C=O) groups is 2. The van der Waals surface area contributed by atoms with Gasteiger partial charge in [-0.3, -0.25) is 24.0 Å². The smallest absolute Gasteiger partial charge is 0.340 e. The van der Waals surface area contributed by atoms with Crippen molar-refractivity contribution in [2.45, 2.75) is 75.3 Å². The molecule has 0 radical (unpaired) electrons. The average molecular weight is 571 g/mol. The third kappa shape index (κ3) is 5.03. The zero-order valence-corrected chi connectivity index (χ0v) is 22.2. The van der Waals surface area contributed by atoms with Crippen molar-refractivity contribution < 1.29 is 33.7 Å². The van der Waals surface area contributed by atoms with Crippen LogP contribution in [0.3, 0.4) is 0 Å². The molecule has 41 heavy (non-hydrogen) atoms.